The van der Waals surface area contributed by atoms with E-state index in [4.69, 9.17) is 103 Å². The SMILES string of the molecule is ClC(Cl)(Cl)P(Cl)(Cl)(Cl)C(Cl)(Cl)Cl. The molecule has 0 bridgehead atoms. The van der Waals surface area contributed by atoms with Crippen molar-refractivity contribution in [3.05, 3.63) is 0 Å². The van der Waals surface area contributed by atoms with Crippen LogP contribution < -0.4 is 0 Å². The summed E-state index contributed by atoms with van der Waals surface area (Å²) in [7, 11) is 0. The summed E-state index contributed by atoms with van der Waals surface area (Å²) in [6.07, 6.45) is 0. The number of halogens is 9. The van der Waals surface area contributed by atoms with Crippen molar-refractivity contribution in [3.8, 4) is 0 Å². The zero-order valence-corrected chi connectivity index (χ0v) is 12.5. The van der Waals surface area contributed by atoms with Crippen molar-refractivity contribution in [2.75, 3.05) is 0 Å². The fourth-order valence-corrected chi connectivity index (χ4v) is 3.88. The summed E-state index contributed by atoms with van der Waals surface area (Å²) in [5.41, 5.74) is 0. The molecule has 0 aromatic heterocycles. The summed E-state index contributed by atoms with van der Waals surface area (Å²) < 4.78 is -9.04. The van der Waals surface area contributed by atoms with Crippen LogP contribution in [0.1, 0.15) is 0 Å². The van der Waals surface area contributed by atoms with Crippen LogP contribution in [0.3, 0.4) is 0 Å². The third-order valence-corrected chi connectivity index (χ3v) is 17.8. The van der Waals surface area contributed by atoms with Gasteiger partial charge in [0.2, 0.25) is 0 Å². The van der Waals surface area contributed by atoms with E-state index in [2.05, 4.69) is 0 Å². The third kappa shape index (κ3) is 2.59. The van der Waals surface area contributed by atoms with Gasteiger partial charge in [-0.1, -0.05) is 0 Å². The summed E-state index contributed by atoms with van der Waals surface area (Å²) in [5, 5.41) is 0. The first-order valence-corrected chi connectivity index (χ1v) is 9.31. The van der Waals surface area contributed by atoms with Crippen LogP contribution in [0, 0.1) is 0 Å². The standard InChI is InChI=1S/C2Cl9P/c3-1(4,5)12(9,10,11)2(6,7)8. The van der Waals surface area contributed by atoms with Gasteiger partial charge in [-0.3, -0.25) is 0 Å². The molecule has 0 radical (unpaired) electrons. The van der Waals surface area contributed by atoms with Gasteiger partial charge in [0, 0.05) is 0 Å². The van der Waals surface area contributed by atoms with Crippen LogP contribution in [0.25, 0.3) is 0 Å². The number of rotatable bonds is 0. The molecular weight excluding hydrogens is 374 g/mol. The van der Waals surface area contributed by atoms with Crippen molar-refractivity contribution in [3.63, 3.8) is 0 Å². The molecule has 0 aromatic rings. The Bertz CT molecular complexity index is 157. The summed E-state index contributed by atoms with van der Waals surface area (Å²) in [6, 6.07) is 0. The normalized spacial score (nSPS) is 18.6. The molecule has 0 heterocycles. The summed E-state index contributed by atoms with van der Waals surface area (Å²) in [4.78, 5) is 0. The van der Waals surface area contributed by atoms with Crippen molar-refractivity contribution >= 4 is 108 Å². The van der Waals surface area contributed by atoms with Crippen molar-refractivity contribution in [1.29, 1.82) is 0 Å². The van der Waals surface area contributed by atoms with E-state index in [0.717, 1.165) is 0 Å². The molecule has 0 rings (SSSR count). The van der Waals surface area contributed by atoms with Gasteiger partial charge >= 0.3 is 115 Å². The second-order valence-electron chi connectivity index (χ2n) is 1.75. The number of alkyl halides is 6. The fraction of sp³-hybridized carbons (Fsp3) is 1.00. The predicted molar refractivity (Wildman–Crippen MR) is 65.1 cm³/mol. The summed E-state index contributed by atoms with van der Waals surface area (Å²) in [6.45, 7) is 0. The molecular formula is C2Cl9P. The molecule has 0 saturated carbocycles. The summed E-state index contributed by atoms with van der Waals surface area (Å²) >= 11 is 49.2. The van der Waals surface area contributed by atoms with Crippen LogP contribution in [0.15, 0.2) is 0 Å². The second-order valence-corrected chi connectivity index (χ2v) is 18.5. The van der Waals surface area contributed by atoms with Gasteiger partial charge in [-0.25, -0.2) is 0 Å². The molecule has 0 saturated heterocycles. The van der Waals surface area contributed by atoms with E-state index >= 15 is 0 Å². The van der Waals surface area contributed by atoms with Gasteiger partial charge in [-0.15, -0.1) is 0 Å². The van der Waals surface area contributed by atoms with E-state index in [0.29, 0.717) is 0 Å². The maximum atomic E-state index is 5.61. The van der Waals surface area contributed by atoms with Crippen LogP contribution in [-0.4, -0.2) is 7.07 Å². The minimum absolute atomic E-state index is 2.23. The predicted octanol–water partition coefficient (Wildman–Crippen LogP) is 6.66. The Balaban J connectivity index is 5.29. The molecule has 0 N–H and O–H groups in total. The molecule has 10 heteroatoms. The van der Waals surface area contributed by atoms with Crippen LogP contribution in [0.4, 0.5) is 0 Å². The Morgan fingerprint density at radius 2 is 0.750 bits per heavy atom. The zero-order valence-electron chi connectivity index (χ0n) is 4.85. The maximum absolute atomic E-state index is 5.61. The molecule has 0 fully saturated rings. The van der Waals surface area contributed by atoms with E-state index in [1.165, 1.54) is 0 Å². The van der Waals surface area contributed by atoms with E-state index in [9.17, 15) is 0 Å². The van der Waals surface area contributed by atoms with Crippen molar-refractivity contribution in [1.82, 2.24) is 0 Å². The van der Waals surface area contributed by atoms with Gasteiger partial charge in [0.1, 0.15) is 0 Å². The van der Waals surface area contributed by atoms with E-state index in [1.54, 1.807) is 0 Å². The van der Waals surface area contributed by atoms with Crippen molar-refractivity contribution < 1.29 is 0 Å². The summed E-state index contributed by atoms with van der Waals surface area (Å²) in [5.74, 6) is 0. The molecule has 0 nitrogen and oxygen atoms in total. The van der Waals surface area contributed by atoms with E-state index in [-0.39, 0.29) is 0 Å². The van der Waals surface area contributed by atoms with Gasteiger partial charge in [0.05, 0.1) is 0 Å². The Hall–Kier alpha value is 3.04. The Labute approximate surface area is 114 Å². The van der Waals surface area contributed by atoms with Crippen LogP contribution in [0.5, 0.6) is 0 Å². The van der Waals surface area contributed by atoms with Crippen LogP contribution >= 0.6 is 108 Å². The van der Waals surface area contributed by atoms with Crippen LogP contribution in [-0.2, 0) is 0 Å². The monoisotopic (exact) mass is 370 g/mol. The molecule has 0 aliphatic carbocycles. The Kier molecular flexibility index (Phi) is 4.77. The minimum atomic E-state index is -4.57. The Morgan fingerprint density at radius 1 is 0.583 bits per heavy atom. The zero-order chi connectivity index (χ0) is 10.4. The average Bonchev–Trinajstić information content (AvgIpc) is 1.55. The molecule has 0 unspecified atom stereocenters. The van der Waals surface area contributed by atoms with E-state index in [1.807, 2.05) is 0 Å². The quantitative estimate of drug-likeness (QED) is 0.329. The Morgan fingerprint density at radius 3 is 0.750 bits per heavy atom. The molecule has 0 aromatic carbocycles. The average molecular weight is 374 g/mol. The fourth-order valence-electron chi connectivity index (χ4n) is 0.144. The topological polar surface area (TPSA) is 0 Å². The van der Waals surface area contributed by atoms with E-state index < -0.39 is 11.7 Å². The second kappa shape index (κ2) is 3.81. The molecule has 76 valence electrons. The first-order chi connectivity index (χ1) is 4.79. The van der Waals surface area contributed by atoms with Crippen LogP contribution in [0.2, 0.25) is 0 Å². The third-order valence-electron chi connectivity index (χ3n) is 0.829. The molecule has 0 aliphatic heterocycles. The molecule has 0 amide bonds. The molecule has 0 atom stereocenters. The number of hydrogen-bond donors (Lipinski definition) is 0. The molecule has 0 spiro atoms. The van der Waals surface area contributed by atoms with Gasteiger partial charge in [-0.05, 0) is 0 Å². The first kappa shape index (κ1) is 15.0. The molecule has 0 aliphatic rings. The van der Waals surface area contributed by atoms with Gasteiger partial charge in [0.25, 0.3) is 0 Å². The van der Waals surface area contributed by atoms with Gasteiger partial charge in [0.15, 0.2) is 0 Å². The number of hydrogen-bond acceptors (Lipinski definition) is 0. The van der Waals surface area contributed by atoms with Gasteiger partial charge < -0.3 is 0 Å². The first-order valence-electron chi connectivity index (χ1n) is 2.09. The van der Waals surface area contributed by atoms with Crippen molar-refractivity contribution in [2.45, 2.75) is 7.07 Å². The van der Waals surface area contributed by atoms with Gasteiger partial charge in [-0.2, -0.15) is 0 Å². The van der Waals surface area contributed by atoms with Crippen molar-refractivity contribution in [2.24, 2.45) is 0 Å². The molecule has 12 heavy (non-hydrogen) atoms.